The second kappa shape index (κ2) is 12.2. The van der Waals surface area contributed by atoms with Crippen molar-refractivity contribution in [1.29, 1.82) is 0 Å². The Morgan fingerprint density at radius 2 is 1.61 bits per heavy atom. The molecule has 5 atom stereocenters. The number of amides is 2. The molecule has 3 heterocycles. The van der Waals surface area contributed by atoms with E-state index in [0.717, 1.165) is 11.1 Å². The number of hydrogen-bond acceptors (Lipinski definition) is 9. The molecule has 1 unspecified atom stereocenters. The Morgan fingerprint density at radius 3 is 2.39 bits per heavy atom. The van der Waals surface area contributed by atoms with Gasteiger partial charge in [0.15, 0.2) is 6.29 Å². The van der Waals surface area contributed by atoms with Gasteiger partial charge in [-0.1, -0.05) is 47.7 Å². The van der Waals surface area contributed by atoms with E-state index < -0.39 is 42.4 Å². The lowest BCUT2D eigenvalue weighted by atomic mass is 9.95. The first-order valence-electron chi connectivity index (χ1n) is 14.1. The van der Waals surface area contributed by atoms with Crippen molar-refractivity contribution >= 4 is 17.5 Å². The smallest absolute Gasteiger partial charge is 0.251 e. The highest BCUT2D eigenvalue weighted by molar-refractivity contribution is 6.00. The van der Waals surface area contributed by atoms with Crippen LogP contribution in [0.4, 0.5) is 10.1 Å². The number of fused-ring (bicyclic) bond motifs is 5. The van der Waals surface area contributed by atoms with Crippen molar-refractivity contribution in [3.63, 3.8) is 0 Å². The molecule has 2 aliphatic heterocycles. The molecule has 0 bridgehead atoms. The van der Waals surface area contributed by atoms with E-state index in [1.165, 1.54) is 28.9 Å². The van der Waals surface area contributed by atoms with E-state index in [0.29, 0.717) is 22.6 Å². The van der Waals surface area contributed by atoms with Crippen LogP contribution in [-0.2, 0) is 22.6 Å². The molecule has 13 heteroatoms. The van der Waals surface area contributed by atoms with Crippen molar-refractivity contribution in [1.82, 2.24) is 20.3 Å². The third kappa shape index (κ3) is 5.58. The Kier molecular flexibility index (Phi) is 8.21. The lowest BCUT2D eigenvalue weighted by Crippen LogP contribution is -2.58. The number of anilines is 1. The number of carbonyl (C=O) groups is 2. The Balaban J connectivity index is 1.32. The van der Waals surface area contributed by atoms with Crippen LogP contribution in [0.2, 0.25) is 0 Å². The minimum absolute atomic E-state index is 0.0198. The topological polar surface area (TPSA) is 170 Å². The number of nitrogens with one attached hydrogen (secondary N) is 1. The van der Waals surface area contributed by atoms with E-state index >= 15 is 0 Å². The molecule has 228 valence electrons. The lowest BCUT2D eigenvalue weighted by molar-refractivity contribution is -0.284. The maximum Gasteiger partial charge on any atom is 0.251 e. The summed E-state index contributed by atoms with van der Waals surface area (Å²) in [6, 6.07) is 19.7. The molecule has 1 aromatic heterocycles. The van der Waals surface area contributed by atoms with E-state index in [9.17, 15) is 34.4 Å². The van der Waals surface area contributed by atoms with E-state index in [4.69, 9.17) is 4.74 Å². The van der Waals surface area contributed by atoms with Gasteiger partial charge in [0.1, 0.15) is 35.9 Å². The Labute approximate surface area is 250 Å². The third-order valence-electron chi connectivity index (χ3n) is 7.86. The number of aromatic nitrogens is 3. The Bertz CT molecular complexity index is 1680. The number of aliphatic hydroxyl groups excluding tert-OH is 4. The normalized spacial score (nSPS) is 22.7. The fourth-order valence-electron chi connectivity index (χ4n) is 5.54. The van der Waals surface area contributed by atoms with Crippen molar-refractivity contribution in [3.8, 4) is 22.5 Å². The van der Waals surface area contributed by atoms with Crippen molar-refractivity contribution < 1.29 is 39.1 Å². The fourth-order valence-corrected chi connectivity index (χ4v) is 5.54. The van der Waals surface area contributed by atoms with Crippen LogP contribution in [-0.4, -0.2) is 84.5 Å². The molecule has 0 radical (unpaired) electrons. The summed E-state index contributed by atoms with van der Waals surface area (Å²) in [7, 11) is 0. The summed E-state index contributed by atoms with van der Waals surface area (Å²) < 4.78 is 20.1. The van der Waals surface area contributed by atoms with Gasteiger partial charge >= 0.3 is 0 Å². The van der Waals surface area contributed by atoms with Gasteiger partial charge in [0.2, 0.25) is 5.91 Å². The second-order valence-electron chi connectivity index (χ2n) is 10.7. The highest BCUT2D eigenvalue weighted by Gasteiger charge is 2.43. The number of ether oxygens (including phenoxy) is 1. The number of benzene rings is 3. The molecule has 5 N–H and O–H groups in total. The number of carbonyl (C=O) groups excluding carboxylic acids is 2. The van der Waals surface area contributed by atoms with Crippen LogP contribution in [0.5, 0.6) is 0 Å². The SMILES string of the molecule is O=C(NCCC(=O)N1Cc2ccccc2-c2nnn(C[C@H]3OC(O)[C@H](O)[C@@H](O)[C@@H]3O)c2-c2ccccc21)c1ccc([18F])cc1. The number of hydrogen-bond donors (Lipinski definition) is 5. The Hall–Kier alpha value is -4.53. The molecular formula is C31H30FN5O7. The summed E-state index contributed by atoms with van der Waals surface area (Å²) in [5.74, 6) is -1.14. The van der Waals surface area contributed by atoms with Gasteiger partial charge in [0, 0.05) is 29.7 Å². The molecule has 4 aromatic rings. The van der Waals surface area contributed by atoms with Crippen LogP contribution in [0.15, 0.2) is 72.8 Å². The maximum absolute atomic E-state index is 13.8. The second-order valence-corrected chi connectivity index (χ2v) is 10.7. The minimum Gasteiger partial charge on any atom is -0.388 e. The molecule has 44 heavy (non-hydrogen) atoms. The minimum atomic E-state index is -1.71. The first-order valence-corrected chi connectivity index (χ1v) is 14.1. The quantitative estimate of drug-likeness (QED) is 0.218. The molecule has 2 amide bonds. The van der Waals surface area contributed by atoms with Gasteiger partial charge in [0.05, 0.1) is 24.5 Å². The number of aliphatic hydroxyl groups is 4. The van der Waals surface area contributed by atoms with Gasteiger partial charge in [-0.2, -0.15) is 0 Å². The van der Waals surface area contributed by atoms with E-state index in [1.54, 1.807) is 23.1 Å². The van der Waals surface area contributed by atoms with Crippen LogP contribution in [0, 0.1) is 5.82 Å². The van der Waals surface area contributed by atoms with Gasteiger partial charge in [-0.25, -0.2) is 9.07 Å². The average Bonchev–Trinajstić information content (AvgIpc) is 3.43. The monoisotopic (exact) mass is 602 g/mol. The summed E-state index contributed by atoms with van der Waals surface area (Å²) >= 11 is 0. The number of rotatable bonds is 6. The van der Waals surface area contributed by atoms with Crippen LogP contribution in [0.3, 0.4) is 0 Å². The fraction of sp³-hybridized carbons (Fsp3) is 0.290. The summed E-state index contributed by atoms with van der Waals surface area (Å²) in [4.78, 5) is 27.9. The number of halogens is 1. The van der Waals surface area contributed by atoms with Crippen LogP contribution < -0.4 is 10.2 Å². The van der Waals surface area contributed by atoms with Crippen molar-refractivity contribution in [2.45, 2.75) is 50.2 Å². The summed E-state index contributed by atoms with van der Waals surface area (Å²) in [6.45, 7) is 0.128. The average molecular weight is 603 g/mol. The third-order valence-corrected chi connectivity index (χ3v) is 7.86. The van der Waals surface area contributed by atoms with E-state index in [-0.39, 0.29) is 37.5 Å². The van der Waals surface area contributed by atoms with Gasteiger partial charge in [-0.05, 0) is 35.9 Å². The zero-order valence-electron chi connectivity index (χ0n) is 23.3. The number of nitrogens with zero attached hydrogens (tertiary/aromatic N) is 4. The van der Waals surface area contributed by atoms with Gasteiger partial charge in [-0.15, -0.1) is 5.10 Å². The van der Waals surface area contributed by atoms with Crippen molar-refractivity contribution in [2.75, 3.05) is 11.4 Å². The van der Waals surface area contributed by atoms with E-state index in [2.05, 4.69) is 15.6 Å². The molecule has 12 nitrogen and oxygen atoms in total. The van der Waals surface area contributed by atoms with Crippen molar-refractivity contribution in [2.24, 2.45) is 0 Å². The van der Waals surface area contributed by atoms with Gasteiger partial charge in [0.25, 0.3) is 5.91 Å². The molecule has 1 fully saturated rings. The molecule has 3 aromatic carbocycles. The largest absolute Gasteiger partial charge is 0.388 e. The molecule has 6 rings (SSSR count). The molecule has 0 spiro atoms. The lowest BCUT2D eigenvalue weighted by Gasteiger charge is -2.38. The zero-order chi connectivity index (χ0) is 31.0. The van der Waals surface area contributed by atoms with Crippen LogP contribution in [0.25, 0.3) is 22.5 Å². The summed E-state index contributed by atoms with van der Waals surface area (Å²) in [5, 5.41) is 52.3. The van der Waals surface area contributed by atoms with E-state index in [1.807, 2.05) is 30.3 Å². The first kappa shape index (κ1) is 29.5. The first-order chi connectivity index (χ1) is 21.2. The molecule has 1 saturated heterocycles. The predicted molar refractivity (Wildman–Crippen MR) is 154 cm³/mol. The maximum atomic E-state index is 13.8. The highest BCUT2D eigenvalue weighted by atomic mass is 18.2. The van der Waals surface area contributed by atoms with Gasteiger partial charge in [-0.3, -0.25) is 9.59 Å². The number of para-hydroxylation sites is 1. The molecule has 0 aliphatic carbocycles. The standard InChI is InChI=1S/C31H30FN5O7/c32-19-11-9-17(10-12-19)30(42)33-14-13-24(38)36-15-18-5-1-2-6-20(18)25-26(21-7-3-4-8-22(21)36)37(35-34-25)16-23-27(39)28(40)29(41)31(43)44-23/h1-12,23,27-29,31,39-41,43H,13-16H2,(H,33,42)/t23-,27-,28+,29-,31?/m1/s1/i32-1. The highest BCUT2D eigenvalue weighted by Crippen LogP contribution is 2.41. The van der Waals surface area contributed by atoms with Crippen LogP contribution >= 0.6 is 0 Å². The molecule has 2 aliphatic rings. The van der Waals surface area contributed by atoms with Crippen LogP contribution in [0.1, 0.15) is 22.3 Å². The van der Waals surface area contributed by atoms with Gasteiger partial charge < -0.3 is 35.4 Å². The zero-order valence-corrected chi connectivity index (χ0v) is 23.3. The van der Waals surface area contributed by atoms with Crippen molar-refractivity contribution in [3.05, 3.63) is 89.7 Å². The molecular weight excluding hydrogens is 572 g/mol. The predicted octanol–water partition coefficient (Wildman–Crippen LogP) is 1.22. The molecule has 0 saturated carbocycles. The summed E-state index contributed by atoms with van der Waals surface area (Å²) in [6.07, 6.45) is -7.71. The Morgan fingerprint density at radius 1 is 0.909 bits per heavy atom. The summed E-state index contributed by atoms with van der Waals surface area (Å²) in [5.41, 5.74) is 4.01.